The lowest BCUT2D eigenvalue weighted by atomic mass is 9.98. The molecule has 1 N–H and O–H groups in total. The van der Waals surface area contributed by atoms with Crippen molar-refractivity contribution in [3.63, 3.8) is 0 Å². The summed E-state index contributed by atoms with van der Waals surface area (Å²) in [5.41, 5.74) is 5.25. The summed E-state index contributed by atoms with van der Waals surface area (Å²) in [5.74, 6) is 0.613. The molecule has 0 saturated heterocycles. The highest BCUT2D eigenvalue weighted by atomic mass is 35.5. The fraction of sp³-hybridized carbons (Fsp3) is 0.290. The largest absolute Gasteiger partial charge is 0.321 e. The van der Waals surface area contributed by atoms with E-state index >= 15 is 0 Å². The Bertz CT molecular complexity index is 1650. The van der Waals surface area contributed by atoms with Crippen molar-refractivity contribution in [2.24, 2.45) is 0 Å². The maximum Gasteiger partial charge on any atom is 0.253 e. The molecule has 200 valence electrons. The van der Waals surface area contributed by atoms with E-state index in [1.807, 2.05) is 60.1 Å². The van der Waals surface area contributed by atoms with Gasteiger partial charge in [-0.15, -0.1) is 5.10 Å². The van der Waals surface area contributed by atoms with E-state index in [9.17, 15) is 4.79 Å². The molecule has 3 aromatic carbocycles. The third-order valence-electron chi connectivity index (χ3n) is 6.88. The Balaban J connectivity index is 1.75. The molecular formula is C31H33ClN6O. The zero-order valence-electron chi connectivity index (χ0n) is 22.9. The van der Waals surface area contributed by atoms with Crippen LogP contribution in [0.15, 0.2) is 77.6 Å². The van der Waals surface area contributed by atoms with Crippen LogP contribution >= 0.6 is 11.6 Å². The summed E-state index contributed by atoms with van der Waals surface area (Å²) in [7, 11) is 0. The van der Waals surface area contributed by atoms with Gasteiger partial charge in [-0.25, -0.2) is 4.68 Å². The van der Waals surface area contributed by atoms with E-state index in [2.05, 4.69) is 77.4 Å². The number of pyridine rings is 1. The predicted molar refractivity (Wildman–Crippen MR) is 156 cm³/mol. The molecule has 0 amide bonds. The maximum absolute atomic E-state index is 13.8. The van der Waals surface area contributed by atoms with Gasteiger partial charge in [0.15, 0.2) is 5.82 Å². The van der Waals surface area contributed by atoms with Crippen LogP contribution in [0.5, 0.6) is 0 Å². The van der Waals surface area contributed by atoms with E-state index in [0.29, 0.717) is 29.5 Å². The van der Waals surface area contributed by atoms with E-state index in [-0.39, 0.29) is 5.56 Å². The smallest absolute Gasteiger partial charge is 0.253 e. The summed E-state index contributed by atoms with van der Waals surface area (Å²) in [6, 6.07) is 23.7. The summed E-state index contributed by atoms with van der Waals surface area (Å²) in [4.78, 5) is 19.3. The highest BCUT2D eigenvalue weighted by Gasteiger charge is 2.33. The molecular weight excluding hydrogens is 508 g/mol. The number of hydrogen-bond donors (Lipinski definition) is 1. The number of nitrogens with one attached hydrogen (secondary N) is 1. The minimum Gasteiger partial charge on any atom is -0.321 e. The number of benzene rings is 3. The lowest BCUT2D eigenvalue weighted by molar-refractivity contribution is 0.184. The topological polar surface area (TPSA) is 79.7 Å². The Morgan fingerprint density at radius 2 is 1.62 bits per heavy atom. The molecule has 0 saturated carbocycles. The molecule has 0 aliphatic rings. The van der Waals surface area contributed by atoms with Crippen LogP contribution < -0.4 is 5.56 Å². The molecule has 0 radical (unpaired) electrons. The van der Waals surface area contributed by atoms with Crippen LogP contribution in [0.2, 0.25) is 5.02 Å². The Kier molecular flexibility index (Phi) is 7.38. The third-order valence-corrected chi connectivity index (χ3v) is 7.13. The number of halogens is 1. The van der Waals surface area contributed by atoms with E-state index in [0.717, 1.165) is 33.2 Å². The van der Waals surface area contributed by atoms with Gasteiger partial charge in [0.2, 0.25) is 0 Å². The van der Waals surface area contributed by atoms with Gasteiger partial charge < -0.3 is 4.98 Å². The van der Waals surface area contributed by atoms with Crippen molar-refractivity contribution in [1.29, 1.82) is 0 Å². The van der Waals surface area contributed by atoms with Crippen LogP contribution in [-0.2, 0) is 18.6 Å². The Labute approximate surface area is 233 Å². The highest BCUT2D eigenvalue weighted by molar-refractivity contribution is 6.30. The summed E-state index contributed by atoms with van der Waals surface area (Å²) in [6.45, 7) is 11.4. The SMILES string of the molecule is Cc1cc(C)c2[nH]c(=O)c([C@H](c3nnnn3C(C)(C)C)N(Cc3ccccc3)Cc3ccc(Cl)cc3)cc2c1. The average molecular weight is 541 g/mol. The van der Waals surface area contributed by atoms with Crippen molar-refractivity contribution in [1.82, 2.24) is 30.1 Å². The monoisotopic (exact) mass is 540 g/mol. The molecule has 0 aliphatic carbocycles. The van der Waals surface area contributed by atoms with Crippen molar-refractivity contribution in [2.75, 3.05) is 0 Å². The molecule has 8 heteroatoms. The standard InChI is InChI=1S/C31H33ClN6O/c1-20-15-21(2)27-24(16-20)17-26(30(39)33-27)28(29-34-35-36-38(29)31(3,4)5)37(18-22-9-7-6-8-10-22)19-23-11-13-25(32)14-12-23/h6-17,28H,18-19H2,1-5H3,(H,33,39)/t28-/m1/s1. The van der Waals surface area contributed by atoms with E-state index in [1.54, 1.807) is 0 Å². The number of tetrazole rings is 1. The van der Waals surface area contributed by atoms with Crippen LogP contribution in [0, 0.1) is 13.8 Å². The summed E-state index contributed by atoms with van der Waals surface area (Å²) in [5, 5.41) is 14.6. The molecule has 5 aromatic rings. The normalized spacial score (nSPS) is 12.8. The molecule has 0 fully saturated rings. The quantitative estimate of drug-likeness (QED) is 0.261. The molecule has 5 rings (SSSR count). The fourth-order valence-corrected chi connectivity index (χ4v) is 5.26. The van der Waals surface area contributed by atoms with Crippen molar-refractivity contribution in [3.8, 4) is 0 Å². The van der Waals surface area contributed by atoms with Crippen LogP contribution in [0.25, 0.3) is 10.9 Å². The number of rotatable bonds is 7. The maximum atomic E-state index is 13.8. The minimum atomic E-state index is -0.524. The van der Waals surface area contributed by atoms with E-state index in [4.69, 9.17) is 11.6 Å². The van der Waals surface area contributed by atoms with Gasteiger partial charge in [-0.3, -0.25) is 9.69 Å². The molecule has 7 nitrogen and oxygen atoms in total. The zero-order valence-corrected chi connectivity index (χ0v) is 23.7. The molecule has 1 atom stereocenters. The number of H-pyrrole nitrogens is 1. The van der Waals surface area contributed by atoms with Gasteiger partial charge >= 0.3 is 0 Å². The number of fused-ring (bicyclic) bond motifs is 1. The average Bonchev–Trinajstić information content (AvgIpc) is 3.37. The van der Waals surface area contributed by atoms with Gasteiger partial charge in [-0.05, 0) is 91.4 Å². The van der Waals surface area contributed by atoms with Crippen LogP contribution in [0.4, 0.5) is 0 Å². The van der Waals surface area contributed by atoms with Gasteiger partial charge in [0.1, 0.15) is 6.04 Å². The second-order valence-corrected chi connectivity index (χ2v) is 11.6. The number of hydrogen-bond acceptors (Lipinski definition) is 5. The first-order valence-corrected chi connectivity index (χ1v) is 13.4. The molecule has 0 spiro atoms. The number of aromatic nitrogens is 5. The highest BCUT2D eigenvalue weighted by Crippen LogP contribution is 2.32. The summed E-state index contributed by atoms with van der Waals surface area (Å²) >= 11 is 6.20. The molecule has 0 bridgehead atoms. The molecule has 39 heavy (non-hydrogen) atoms. The number of nitrogens with zero attached hydrogens (tertiary/aromatic N) is 5. The molecule has 0 unspecified atom stereocenters. The van der Waals surface area contributed by atoms with Crippen molar-refractivity contribution < 1.29 is 0 Å². The number of aryl methyl sites for hydroxylation is 2. The predicted octanol–water partition coefficient (Wildman–Crippen LogP) is 6.33. The van der Waals surface area contributed by atoms with Crippen molar-refractivity contribution in [3.05, 3.63) is 122 Å². The van der Waals surface area contributed by atoms with Gasteiger partial charge in [-0.2, -0.15) is 0 Å². The second kappa shape index (κ2) is 10.8. The molecule has 2 heterocycles. The van der Waals surface area contributed by atoms with Crippen LogP contribution in [-0.4, -0.2) is 30.1 Å². The summed E-state index contributed by atoms with van der Waals surface area (Å²) < 4.78 is 1.82. The first kappa shape index (κ1) is 26.8. The fourth-order valence-electron chi connectivity index (χ4n) is 5.13. The van der Waals surface area contributed by atoms with Crippen LogP contribution in [0.3, 0.4) is 0 Å². The van der Waals surface area contributed by atoms with Gasteiger partial charge in [0, 0.05) is 23.7 Å². The van der Waals surface area contributed by atoms with E-state index in [1.165, 1.54) is 0 Å². The van der Waals surface area contributed by atoms with Gasteiger partial charge in [0.25, 0.3) is 5.56 Å². The van der Waals surface area contributed by atoms with Crippen molar-refractivity contribution in [2.45, 2.75) is 59.3 Å². The lowest BCUT2D eigenvalue weighted by Gasteiger charge is -2.33. The first-order valence-electron chi connectivity index (χ1n) is 13.1. The lowest BCUT2D eigenvalue weighted by Crippen LogP contribution is -2.37. The minimum absolute atomic E-state index is 0.155. The first-order chi connectivity index (χ1) is 18.6. The Hall–Kier alpha value is -3.81. The van der Waals surface area contributed by atoms with Gasteiger partial charge in [0.05, 0.1) is 11.1 Å². The van der Waals surface area contributed by atoms with E-state index < -0.39 is 11.6 Å². The molecule has 2 aromatic heterocycles. The number of aromatic amines is 1. The Morgan fingerprint density at radius 1 is 0.949 bits per heavy atom. The van der Waals surface area contributed by atoms with Crippen LogP contribution in [0.1, 0.15) is 60.5 Å². The Morgan fingerprint density at radius 3 is 2.28 bits per heavy atom. The van der Waals surface area contributed by atoms with Crippen molar-refractivity contribution >= 4 is 22.5 Å². The van der Waals surface area contributed by atoms with Gasteiger partial charge in [-0.1, -0.05) is 65.7 Å². The zero-order chi connectivity index (χ0) is 27.7. The summed E-state index contributed by atoms with van der Waals surface area (Å²) in [6.07, 6.45) is 0. The third kappa shape index (κ3) is 5.79. The second-order valence-electron chi connectivity index (χ2n) is 11.1. The molecule has 0 aliphatic heterocycles.